The number of amides is 1. The van der Waals surface area contributed by atoms with Crippen molar-refractivity contribution in [1.29, 1.82) is 0 Å². The molecule has 0 saturated heterocycles. The number of nitrogens with zero attached hydrogens (tertiary/aromatic N) is 1. The average molecular weight is 397 g/mol. The number of aromatic nitrogens is 1. The van der Waals surface area contributed by atoms with Gasteiger partial charge in [-0.1, -0.05) is 41.9 Å². The van der Waals surface area contributed by atoms with Gasteiger partial charge in [0.1, 0.15) is 5.75 Å². The van der Waals surface area contributed by atoms with Crippen molar-refractivity contribution in [3.63, 3.8) is 0 Å². The van der Waals surface area contributed by atoms with Crippen molar-refractivity contribution in [2.75, 3.05) is 13.7 Å². The Bertz CT molecular complexity index is 1010. The maximum absolute atomic E-state index is 12.4. The standard InChI is InChI=1S/C22H21ClN2O3/c1-28-19-9-6-16(7-10-19)12-13-24-22(27)18-8-11-21(26)25(15-18)14-17-4-2-3-5-20(17)23/h2-11,15H,12-14H2,1H3,(H,24,27). The Labute approximate surface area is 168 Å². The topological polar surface area (TPSA) is 60.3 Å². The molecular formula is C22H21ClN2O3. The number of pyridine rings is 1. The van der Waals surface area contributed by atoms with Gasteiger partial charge in [0.05, 0.1) is 19.2 Å². The molecule has 3 aromatic rings. The molecule has 0 atom stereocenters. The number of halogens is 1. The predicted octanol–water partition coefficient (Wildman–Crippen LogP) is 3.53. The number of hydrogen-bond acceptors (Lipinski definition) is 3. The van der Waals surface area contributed by atoms with Crippen molar-refractivity contribution < 1.29 is 9.53 Å². The third-order valence-corrected chi connectivity index (χ3v) is 4.77. The van der Waals surface area contributed by atoms with Gasteiger partial charge in [-0.2, -0.15) is 0 Å². The van der Waals surface area contributed by atoms with Crippen LogP contribution in [0.25, 0.3) is 0 Å². The Morgan fingerprint density at radius 3 is 2.54 bits per heavy atom. The van der Waals surface area contributed by atoms with E-state index in [9.17, 15) is 9.59 Å². The zero-order chi connectivity index (χ0) is 19.9. The van der Waals surface area contributed by atoms with E-state index in [-0.39, 0.29) is 11.5 Å². The molecule has 0 aliphatic carbocycles. The molecule has 0 saturated carbocycles. The van der Waals surface area contributed by atoms with Gasteiger partial charge in [-0.05, 0) is 41.8 Å². The fourth-order valence-electron chi connectivity index (χ4n) is 2.81. The Morgan fingerprint density at radius 1 is 1.07 bits per heavy atom. The smallest absolute Gasteiger partial charge is 0.252 e. The summed E-state index contributed by atoms with van der Waals surface area (Å²) in [4.78, 5) is 24.6. The molecule has 1 N–H and O–H groups in total. The highest BCUT2D eigenvalue weighted by molar-refractivity contribution is 6.31. The van der Waals surface area contributed by atoms with Gasteiger partial charge in [0.2, 0.25) is 0 Å². The molecule has 2 aromatic carbocycles. The highest BCUT2D eigenvalue weighted by atomic mass is 35.5. The zero-order valence-corrected chi connectivity index (χ0v) is 16.3. The first kappa shape index (κ1) is 19.7. The maximum Gasteiger partial charge on any atom is 0.252 e. The van der Waals surface area contributed by atoms with E-state index in [0.29, 0.717) is 30.1 Å². The Morgan fingerprint density at radius 2 is 1.82 bits per heavy atom. The molecule has 1 heterocycles. The fourth-order valence-corrected chi connectivity index (χ4v) is 3.01. The van der Waals surface area contributed by atoms with E-state index in [4.69, 9.17) is 16.3 Å². The van der Waals surface area contributed by atoms with E-state index < -0.39 is 0 Å². The largest absolute Gasteiger partial charge is 0.497 e. The normalized spacial score (nSPS) is 10.5. The van der Waals surface area contributed by atoms with E-state index in [0.717, 1.165) is 16.9 Å². The van der Waals surface area contributed by atoms with Gasteiger partial charge in [-0.3, -0.25) is 9.59 Å². The lowest BCUT2D eigenvalue weighted by atomic mass is 10.1. The van der Waals surface area contributed by atoms with Gasteiger partial charge < -0.3 is 14.6 Å². The molecule has 144 valence electrons. The summed E-state index contributed by atoms with van der Waals surface area (Å²) >= 11 is 6.17. The maximum atomic E-state index is 12.4. The molecule has 0 aliphatic rings. The Balaban J connectivity index is 1.63. The highest BCUT2D eigenvalue weighted by Crippen LogP contribution is 2.15. The van der Waals surface area contributed by atoms with E-state index in [1.54, 1.807) is 19.4 Å². The molecule has 3 rings (SSSR count). The van der Waals surface area contributed by atoms with Crippen LogP contribution in [0.4, 0.5) is 0 Å². The second-order valence-electron chi connectivity index (χ2n) is 6.33. The van der Waals surface area contributed by atoms with Gasteiger partial charge in [0, 0.05) is 23.8 Å². The molecular weight excluding hydrogens is 376 g/mol. The molecule has 6 heteroatoms. The van der Waals surface area contributed by atoms with Crippen LogP contribution in [0, 0.1) is 0 Å². The first-order chi connectivity index (χ1) is 13.6. The SMILES string of the molecule is COc1ccc(CCNC(=O)c2ccc(=O)n(Cc3ccccc3Cl)c2)cc1. The van der Waals surface area contributed by atoms with Crippen molar-refractivity contribution in [1.82, 2.24) is 9.88 Å². The van der Waals surface area contributed by atoms with Crippen LogP contribution < -0.4 is 15.6 Å². The molecule has 28 heavy (non-hydrogen) atoms. The quantitative estimate of drug-likeness (QED) is 0.664. The third-order valence-electron chi connectivity index (χ3n) is 4.40. The first-order valence-electron chi connectivity index (χ1n) is 8.92. The van der Waals surface area contributed by atoms with E-state index in [1.807, 2.05) is 42.5 Å². The lowest BCUT2D eigenvalue weighted by Gasteiger charge is -2.10. The van der Waals surface area contributed by atoms with Crippen LogP contribution in [-0.4, -0.2) is 24.1 Å². The Hall–Kier alpha value is -3.05. The van der Waals surface area contributed by atoms with Gasteiger partial charge in [-0.15, -0.1) is 0 Å². The average Bonchev–Trinajstić information content (AvgIpc) is 2.71. The van der Waals surface area contributed by atoms with Gasteiger partial charge in [0.25, 0.3) is 11.5 Å². The molecule has 0 spiro atoms. The Kier molecular flexibility index (Phi) is 6.50. The molecule has 0 fully saturated rings. The highest BCUT2D eigenvalue weighted by Gasteiger charge is 2.09. The van der Waals surface area contributed by atoms with Gasteiger partial charge in [-0.25, -0.2) is 0 Å². The minimum absolute atomic E-state index is 0.185. The van der Waals surface area contributed by atoms with E-state index in [2.05, 4.69) is 5.32 Å². The van der Waals surface area contributed by atoms with Crippen molar-refractivity contribution in [2.45, 2.75) is 13.0 Å². The summed E-state index contributed by atoms with van der Waals surface area (Å²) in [5.41, 5.74) is 2.17. The minimum Gasteiger partial charge on any atom is -0.497 e. The number of hydrogen-bond donors (Lipinski definition) is 1. The second-order valence-corrected chi connectivity index (χ2v) is 6.74. The van der Waals surface area contributed by atoms with Crippen LogP contribution in [0.15, 0.2) is 71.7 Å². The van der Waals surface area contributed by atoms with Crippen LogP contribution in [0.2, 0.25) is 5.02 Å². The van der Waals surface area contributed by atoms with Crippen LogP contribution in [0.3, 0.4) is 0 Å². The number of carbonyl (C=O) groups excluding carboxylic acids is 1. The zero-order valence-electron chi connectivity index (χ0n) is 15.5. The van der Waals surface area contributed by atoms with Crippen LogP contribution in [0.1, 0.15) is 21.5 Å². The summed E-state index contributed by atoms with van der Waals surface area (Å²) in [7, 11) is 1.63. The summed E-state index contributed by atoms with van der Waals surface area (Å²) < 4.78 is 6.62. The lowest BCUT2D eigenvalue weighted by Crippen LogP contribution is -2.28. The molecule has 1 aromatic heterocycles. The molecule has 0 unspecified atom stereocenters. The number of methoxy groups -OCH3 is 1. The van der Waals surface area contributed by atoms with Crippen LogP contribution in [-0.2, 0) is 13.0 Å². The third kappa shape index (κ3) is 5.02. The summed E-state index contributed by atoms with van der Waals surface area (Å²) in [5, 5.41) is 3.47. The molecule has 5 nitrogen and oxygen atoms in total. The number of benzene rings is 2. The molecule has 0 radical (unpaired) electrons. The fraction of sp³-hybridized carbons (Fsp3) is 0.182. The molecule has 0 bridgehead atoms. The van der Waals surface area contributed by atoms with Crippen molar-refractivity contribution in [2.24, 2.45) is 0 Å². The minimum atomic E-state index is -0.221. The monoisotopic (exact) mass is 396 g/mol. The van der Waals surface area contributed by atoms with E-state index in [1.165, 1.54) is 16.7 Å². The van der Waals surface area contributed by atoms with Crippen molar-refractivity contribution in [3.05, 3.63) is 98.9 Å². The summed E-state index contributed by atoms with van der Waals surface area (Å²) in [6.07, 6.45) is 2.27. The molecule has 1 amide bonds. The number of nitrogens with one attached hydrogen (secondary N) is 1. The lowest BCUT2D eigenvalue weighted by molar-refractivity contribution is 0.0953. The van der Waals surface area contributed by atoms with Gasteiger partial charge >= 0.3 is 0 Å². The summed E-state index contributed by atoms with van der Waals surface area (Å²) in [6.45, 7) is 0.806. The number of carbonyl (C=O) groups is 1. The second kappa shape index (κ2) is 9.24. The number of rotatable bonds is 7. The van der Waals surface area contributed by atoms with Gasteiger partial charge in [0.15, 0.2) is 0 Å². The van der Waals surface area contributed by atoms with Crippen molar-refractivity contribution >= 4 is 17.5 Å². The van der Waals surface area contributed by atoms with E-state index >= 15 is 0 Å². The predicted molar refractivity (Wildman–Crippen MR) is 110 cm³/mol. The van der Waals surface area contributed by atoms with Crippen LogP contribution in [0.5, 0.6) is 5.75 Å². The summed E-state index contributed by atoms with van der Waals surface area (Å²) in [6, 6.07) is 18.0. The van der Waals surface area contributed by atoms with Crippen LogP contribution >= 0.6 is 11.6 Å². The molecule has 0 aliphatic heterocycles. The summed E-state index contributed by atoms with van der Waals surface area (Å²) in [5.74, 6) is 0.579. The number of ether oxygens (including phenoxy) is 1. The first-order valence-corrected chi connectivity index (χ1v) is 9.29. The van der Waals surface area contributed by atoms with Crippen molar-refractivity contribution in [3.8, 4) is 5.75 Å².